The first-order chi connectivity index (χ1) is 12.0. The number of amides is 1. The van der Waals surface area contributed by atoms with Gasteiger partial charge >= 0.3 is 159 Å². The summed E-state index contributed by atoms with van der Waals surface area (Å²) in [5.74, 6) is -0.0503. The van der Waals surface area contributed by atoms with Gasteiger partial charge in [-0.15, -0.1) is 0 Å². The number of hydrogen-bond acceptors (Lipinski definition) is 2. The van der Waals surface area contributed by atoms with Gasteiger partial charge in [-0.05, 0) is 0 Å². The first kappa shape index (κ1) is 18.4. The van der Waals surface area contributed by atoms with E-state index in [4.69, 9.17) is 0 Å². The van der Waals surface area contributed by atoms with E-state index in [1.54, 1.807) is 0 Å². The standard InChI is InChI=1S/C21H25NO2.V/c1-15(2)13-16(3)20(24)22-12-11-21(10-6-9-19(21)23)14-17-7-4-5-8-18(17)22;/h1,4-5,7-8,13,19,23H,3,6,9-12,14H2,2H3;/b15-13+;. The Morgan fingerprint density at radius 3 is 2.84 bits per heavy atom. The molecule has 0 radical (unpaired) electrons. The average Bonchev–Trinajstić information content (AvgIpc) is 2.87. The van der Waals surface area contributed by atoms with Gasteiger partial charge in [-0.3, -0.25) is 0 Å². The summed E-state index contributed by atoms with van der Waals surface area (Å²) >= 11 is 2.40. The number of fused-ring (bicyclic) bond motifs is 1. The number of para-hydroxylation sites is 1. The van der Waals surface area contributed by atoms with Crippen LogP contribution in [0.25, 0.3) is 0 Å². The molecule has 131 valence electrons. The molecule has 1 aliphatic carbocycles. The molecule has 1 heterocycles. The number of carbonyl (C=O) groups excluding carboxylic acids is 1. The molecule has 1 aromatic carbocycles. The van der Waals surface area contributed by atoms with Gasteiger partial charge in [0.05, 0.1) is 0 Å². The van der Waals surface area contributed by atoms with Crippen molar-refractivity contribution in [3.8, 4) is 0 Å². The predicted octanol–water partition coefficient (Wildman–Crippen LogP) is 3.35. The fourth-order valence-electron chi connectivity index (χ4n) is 4.22. The van der Waals surface area contributed by atoms with Crippen LogP contribution < -0.4 is 4.90 Å². The molecule has 1 aromatic rings. The van der Waals surface area contributed by atoms with Crippen molar-refractivity contribution < 1.29 is 26.9 Å². The Balaban J connectivity index is 1.95. The van der Waals surface area contributed by atoms with Crippen LogP contribution in [0.5, 0.6) is 0 Å². The van der Waals surface area contributed by atoms with Crippen LogP contribution in [-0.2, 0) is 28.2 Å². The third-order valence-corrected chi connectivity index (χ3v) is 6.28. The van der Waals surface area contributed by atoms with E-state index in [9.17, 15) is 9.90 Å². The predicted molar refractivity (Wildman–Crippen MR) is 98.4 cm³/mol. The van der Waals surface area contributed by atoms with Crippen molar-refractivity contribution in [1.82, 2.24) is 0 Å². The van der Waals surface area contributed by atoms with Gasteiger partial charge in [0, 0.05) is 0 Å². The van der Waals surface area contributed by atoms with Crippen molar-refractivity contribution in [2.24, 2.45) is 5.41 Å². The Morgan fingerprint density at radius 2 is 2.16 bits per heavy atom. The maximum atomic E-state index is 13.1. The van der Waals surface area contributed by atoms with Crippen LogP contribution in [0, 0.1) is 5.41 Å². The molecular formula is C21H25NO2V. The zero-order valence-corrected chi connectivity index (χ0v) is 16.1. The summed E-state index contributed by atoms with van der Waals surface area (Å²) in [5.41, 5.74) is 3.53. The number of hydrogen-bond donors (Lipinski definition) is 1. The minimum atomic E-state index is -0.270. The molecule has 1 aliphatic heterocycles. The monoisotopic (exact) mass is 374 g/mol. The van der Waals surface area contributed by atoms with E-state index < -0.39 is 0 Å². The van der Waals surface area contributed by atoms with Crippen LogP contribution in [0.3, 0.4) is 0 Å². The van der Waals surface area contributed by atoms with E-state index >= 15 is 0 Å². The summed E-state index contributed by atoms with van der Waals surface area (Å²) in [7, 11) is 0. The maximum absolute atomic E-state index is 13.1. The number of allylic oxidation sites excluding steroid dienone is 1. The quantitative estimate of drug-likeness (QED) is 0.651. The molecule has 1 spiro atoms. The molecule has 0 aromatic heterocycles. The normalized spacial score (nSPS) is 26.2. The molecule has 3 rings (SSSR count). The van der Waals surface area contributed by atoms with Crippen molar-refractivity contribution in [2.45, 2.75) is 45.1 Å². The zero-order valence-electron chi connectivity index (χ0n) is 14.7. The van der Waals surface area contributed by atoms with Crippen LogP contribution in [0.1, 0.15) is 38.2 Å². The summed E-state index contributed by atoms with van der Waals surface area (Å²) in [4.78, 5) is 14.9. The van der Waals surface area contributed by atoms with Crippen molar-refractivity contribution in [3.63, 3.8) is 0 Å². The van der Waals surface area contributed by atoms with Crippen molar-refractivity contribution in [1.29, 1.82) is 0 Å². The van der Waals surface area contributed by atoms with Gasteiger partial charge in [0.15, 0.2) is 0 Å². The van der Waals surface area contributed by atoms with Gasteiger partial charge in [0.1, 0.15) is 0 Å². The van der Waals surface area contributed by atoms with Crippen LogP contribution in [-0.4, -0.2) is 28.4 Å². The van der Waals surface area contributed by atoms with Crippen molar-refractivity contribution in [2.75, 3.05) is 11.4 Å². The number of benzene rings is 1. The molecule has 1 amide bonds. The molecule has 2 aliphatic rings. The molecule has 25 heavy (non-hydrogen) atoms. The number of aliphatic hydroxyl groups is 1. The summed E-state index contributed by atoms with van der Waals surface area (Å²) in [5, 5.41) is 10.6. The summed E-state index contributed by atoms with van der Waals surface area (Å²) in [6.07, 6.45) is 6.21. The molecule has 2 unspecified atom stereocenters. The van der Waals surface area contributed by atoms with Crippen LogP contribution in [0.2, 0.25) is 0 Å². The second kappa shape index (κ2) is 7.45. The number of carbonyl (C=O) groups is 1. The fraction of sp³-hybridized carbons (Fsp3) is 0.429. The molecule has 0 bridgehead atoms. The minimum absolute atomic E-state index is 0.0503. The number of nitrogens with zero attached hydrogens (tertiary/aromatic N) is 1. The molecule has 3 nitrogen and oxygen atoms in total. The fourth-order valence-corrected chi connectivity index (χ4v) is 4.34. The van der Waals surface area contributed by atoms with E-state index in [0.29, 0.717) is 12.1 Å². The number of rotatable bonds is 3. The third-order valence-electron chi connectivity index (χ3n) is 5.64. The van der Waals surface area contributed by atoms with E-state index in [-0.39, 0.29) is 17.4 Å². The Hall–Kier alpha value is -1.42. The summed E-state index contributed by atoms with van der Waals surface area (Å²) < 4.78 is 1.91. The van der Waals surface area contributed by atoms with Gasteiger partial charge in [0.2, 0.25) is 0 Å². The van der Waals surface area contributed by atoms with Gasteiger partial charge in [0.25, 0.3) is 0 Å². The number of aliphatic hydroxyl groups excluding tert-OH is 1. The second-order valence-corrected chi connectivity index (χ2v) is 7.73. The van der Waals surface area contributed by atoms with Crippen LogP contribution in [0.15, 0.2) is 48.1 Å². The molecule has 1 N–H and O–H groups in total. The average molecular weight is 374 g/mol. The molecule has 2 atom stereocenters. The second-order valence-electron chi connectivity index (χ2n) is 7.33. The third kappa shape index (κ3) is 3.60. The molecule has 4 heteroatoms. The molecular weight excluding hydrogens is 349 g/mol. The summed E-state index contributed by atoms with van der Waals surface area (Å²) in [6.45, 7) is 6.57. The van der Waals surface area contributed by atoms with Gasteiger partial charge in [-0.2, -0.15) is 0 Å². The van der Waals surface area contributed by atoms with Gasteiger partial charge in [-0.1, -0.05) is 0 Å². The summed E-state index contributed by atoms with van der Waals surface area (Å²) in [6, 6.07) is 8.10. The van der Waals surface area contributed by atoms with Gasteiger partial charge < -0.3 is 0 Å². The topological polar surface area (TPSA) is 40.5 Å². The van der Waals surface area contributed by atoms with E-state index in [1.165, 1.54) is 0 Å². The van der Waals surface area contributed by atoms with E-state index in [0.717, 1.165) is 48.9 Å². The Labute approximate surface area is 158 Å². The first-order valence-electron chi connectivity index (χ1n) is 8.89. The van der Waals surface area contributed by atoms with Crippen molar-refractivity contribution in [3.05, 3.63) is 53.6 Å². The Kier molecular flexibility index (Phi) is 5.48. The van der Waals surface area contributed by atoms with Crippen LogP contribution >= 0.6 is 0 Å². The Morgan fingerprint density at radius 1 is 1.40 bits per heavy atom. The van der Waals surface area contributed by atoms with Crippen LogP contribution in [0.4, 0.5) is 5.69 Å². The Bertz CT molecular complexity index is 739. The number of anilines is 1. The van der Waals surface area contributed by atoms with E-state index in [1.807, 2.05) is 40.8 Å². The molecule has 0 saturated heterocycles. The van der Waals surface area contributed by atoms with Crippen molar-refractivity contribution >= 4 is 16.3 Å². The zero-order chi connectivity index (χ0) is 18.0. The molecule has 1 saturated carbocycles. The van der Waals surface area contributed by atoms with Gasteiger partial charge in [-0.25, -0.2) is 0 Å². The SMILES string of the molecule is C=C(/C=C(/C)[CH]=[V])C(=O)N1CCC2(CCCC2O)Cc2ccccc21. The van der Waals surface area contributed by atoms with E-state index in [2.05, 4.69) is 29.6 Å². The first-order valence-corrected chi connectivity index (χ1v) is 9.70. The molecule has 1 fully saturated rings.